The number of halogens is 1. The van der Waals surface area contributed by atoms with Gasteiger partial charge < -0.3 is 4.74 Å². The van der Waals surface area contributed by atoms with Crippen LogP contribution >= 0.6 is 15.9 Å². The van der Waals surface area contributed by atoms with E-state index in [1.807, 2.05) is 6.07 Å². The van der Waals surface area contributed by atoms with Crippen LogP contribution < -0.4 is 4.74 Å². The first kappa shape index (κ1) is 15.0. The number of ether oxygens (including phenoxy) is 1. The molecule has 0 saturated heterocycles. The number of benzene rings is 2. The lowest BCUT2D eigenvalue weighted by Crippen LogP contribution is -1.97. The largest absolute Gasteiger partial charge is 0.449 e. The van der Waals surface area contributed by atoms with Gasteiger partial charge in [-0.15, -0.1) is 0 Å². The molecular formula is C15H11BrN2O3. The Labute approximate surface area is 130 Å². The smallest absolute Gasteiger partial charge is 0.314 e. The van der Waals surface area contributed by atoms with Crippen molar-refractivity contribution in [1.82, 2.24) is 0 Å². The summed E-state index contributed by atoms with van der Waals surface area (Å²) in [5.74, 6) is 0.430. The van der Waals surface area contributed by atoms with Crippen molar-refractivity contribution in [3.05, 3.63) is 63.2 Å². The highest BCUT2D eigenvalue weighted by Gasteiger charge is 2.19. The third kappa shape index (κ3) is 3.20. The molecule has 0 amide bonds. The molecule has 0 aliphatic rings. The SMILES string of the molecule is Cc1cccc(Oc2ccc(CBr)cc2C#N)c1[N+](=O)[O-]. The molecule has 0 atom stereocenters. The van der Waals surface area contributed by atoms with Crippen molar-refractivity contribution in [2.45, 2.75) is 12.3 Å². The van der Waals surface area contributed by atoms with Gasteiger partial charge in [0.2, 0.25) is 5.75 Å². The number of nitriles is 1. The van der Waals surface area contributed by atoms with Crippen molar-refractivity contribution in [3.8, 4) is 17.6 Å². The molecule has 2 aromatic rings. The van der Waals surface area contributed by atoms with Crippen molar-refractivity contribution in [2.24, 2.45) is 0 Å². The van der Waals surface area contributed by atoms with E-state index in [1.54, 1.807) is 37.3 Å². The first-order chi connectivity index (χ1) is 10.1. The molecule has 0 unspecified atom stereocenters. The van der Waals surface area contributed by atoms with Gasteiger partial charge in [-0.3, -0.25) is 10.1 Å². The summed E-state index contributed by atoms with van der Waals surface area (Å²) in [6.45, 7) is 1.64. The second-order valence-electron chi connectivity index (χ2n) is 4.36. The molecule has 0 spiro atoms. The summed E-state index contributed by atoms with van der Waals surface area (Å²) in [6.07, 6.45) is 0. The maximum absolute atomic E-state index is 11.1. The molecule has 6 heteroatoms. The number of hydrogen-bond acceptors (Lipinski definition) is 4. The van der Waals surface area contributed by atoms with Gasteiger partial charge in [0.05, 0.1) is 10.5 Å². The van der Waals surface area contributed by atoms with Gasteiger partial charge in [0.15, 0.2) is 0 Å². The van der Waals surface area contributed by atoms with Gasteiger partial charge in [0, 0.05) is 10.9 Å². The van der Waals surface area contributed by atoms with E-state index < -0.39 is 4.92 Å². The van der Waals surface area contributed by atoms with Gasteiger partial charge in [0.1, 0.15) is 11.8 Å². The van der Waals surface area contributed by atoms with Crippen LogP contribution in [0.5, 0.6) is 11.5 Å². The molecule has 5 nitrogen and oxygen atoms in total. The quantitative estimate of drug-likeness (QED) is 0.465. The Balaban J connectivity index is 2.46. The highest BCUT2D eigenvalue weighted by Crippen LogP contribution is 2.35. The summed E-state index contributed by atoms with van der Waals surface area (Å²) >= 11 is 3.31. The van der Waals surface area contributed by atoms with Crippen LogP contribution in [0.25, 0.3) is 0 Å². The van der Waals surface area contributed by atoms with Crippen molar-refractivity contribution in [2.75, 3.05) is 0 Å². The summed E-state index contributed by atoms with van der Waals surface area (Å²) in [5, 5.41) is 20.9. The van der Waals surface area contributed by atoms with Crippen LogP contribution in [0.3, 0.4) is 0 Å². The fraction of sp³-hybridized carbons (Fsp3) is 0.133. The second kappa shape index (κ2) is 6.37. The third-order valence-corrected chi connectivity index (χ3v) is 3.57. The molecule has 0 bridgehead atoms. The molecule has 0 radical (unpaired) electrons. The Morgan fingerprint density at radius 3 is 2.71 bits per heavy atom. The van der Waals surface area contributed by atoms with Gasteiger partial charge in [-0.25, -0.2) is 0 Å². The zero-order valence-electron chi connectivity index (χ0n) is 11.2. The number of rotatable bonds is 4. The van der Waals surface area contributed by atoms with E-state index in [9.17, 15) is 15.4 Å². The van der Waals surface area contributed by atoms with E-state index in [2.05, 4.69) is 15.9 Å². The molecule has 0 aliphatic heterocycles. The lowest BCUT2D eigenvalue weighted by atomic mass is 10.1. The molecule has 0 aliphatic carbocycles. The standard InChI is InChI=1S/C15H11BrN2O3/c1-10-3-2-4-14(15(10)18(19)20)21-13-6-5-11(8-16)7-12(13)9-17/h2-7H,8H2,1H3. The average molecular weight is 347 g/mol. The van der Waals surface area contributed by atoms with Crippen LogP contribution in [-0.4, -0.2) is 4.92 Å². The normalized spacial score (nSPS) is 9.95. The first-order valence-electron chi connectivity index (χ1n) is 6.07. The summed E-state index contributed by atoms with van der Waals surface area (Å²) < 4.78 is 5.59. The fourth-order valence-electron chi connectivity index (χ4n) is 1.90. The Morgan fingerprint density at radius 2 is 2.10 bits per heavy atom. The van der Waals surface area contributed by atoms with E-state index >= 15 is 0 Å². The van der Waals surface area contributed by atoms with Gasteiger partial charge in [-0.1, -0.05) is 34.1 Å². The summed E-state index contributed by atoms with van der Waals surface area (Å²) in [4.78, 5) is 10.7. The van der Waals surface area contributed by atoms with Crippen LogP contribution in [-0.2, 0) is 5.33 Å². The van der Waals surface area contributed by atoms with E-state index in [0.29, 0.717) is 22.2 Å². The van der Waals surface area contributed by atoms with Gasteiger partial charge in [-0.05, 0) is 30.7 Å². The lowest BCUT2D eigenvalue weighted by molar-refractivity contribution is -0.386. The summed E-state index contributed by atoms with van der Waals surface area (Å²) in [5.41, 5.74) is 1.68. The Hall–Kier alpha value is -2.39. The molecule has 0 fully saturated rings. The molecular weight excluding hydrogens is 336 g/mol. The number of nitrogens with zero attached hydrogens (tertiary/aromatic N) is 2. The van der Waals surface area contributed by atoms with Crippen LogP contribution in [0, 0.1) is 28.4 Å². The minimum absolute atomic E-state index is 0.0917. The van der Waals surface area contributed by atoms with E-state index in [0.717, 1.165) is 5.56 Å². The maximum atomic E-state index is 11.1. The van der Waals surface area contributed by atoms with E-state index in [4.69, 9.17) is 4.74 Å². The molecule has 0 heterocycles. The summed E-state index contributed by atoms with van der Waals surface area (Å²) in [7, 11) is 0. The maximum Gasteiger partial charge on any atom is 0.314 e. The average Bonchev–Trinajstić information content (AvgIpc) is 2.47. The van der Waals surface area contributed by atoms with Crippen LogP contribution in [0.4, 0.5) is 5.69 Å². The van der Waals surface area contributed by atoms with Crippen molar-refractivity contribution in [3.63, 3.8) is 0 Å². The Bertz CT molecular complexity index is 738. The number of nitro groups is 1. The predicted molar refractivity (Wildman–Crippen MR) is 81.7 cm³/mol. The number of nitro benzene ring substituents is 1. The molecule has 0 N–H and O–H groups in total. The summed E-state index contributed by atoms with van der Waals surface area (Å²) in [6, 6.07) is 12.0. The van der Waals surface area contributed by atoms with E-state index in [-0.39, 0.29) is 11.4 Å². The Morgan fingerprint density at radius 1 is 1.33 bits per heavy atom. The fourth-order valence-corrected chi connectivity index (χ4v) is 2.25. The number of hydrogen-bond donors (Lipinski definition) is 0. The molecule has 21 heavy (non-hydrogen) atoms. The van der Waals surface area contributed by atoms with Crippen LogP contribution in [0.15, 0.2) is 36.4 Å². The number of alkyl halides is 1. The predicted octanol–water partition coefficient (Wildman–Crippen LogP) is 4.46. The third-order valence-electron chi connectivity index (χ3n) is 2.92. The second-order valence-corrected chi connectivity index (χ2v) is 4.92. The van der Waals surface area contributed by atoms with Crippen molar-refractivity contribution >= 4 is 21.6 Å². The van der Waals surface area contributed by atoms with Gasteiger partial charge >= 0.3 is 5.69 Å². The van der Waals surface area contributed by atoms with Crippen molar-refractivity contribution < 1.29 is 9.66 Å². The molecule has 2 aromatic carbocycles. The Kier molecular flexibility index (Phi) is 4.55. The minimum Gasteiger partial charge on any atom is -0.449 e. The first-order valence-corrected chi connectivity index (χ1v) is 7.19. The molecule has 2 rings (SSSR count). The topological polar surface area (TPSA) is 76.2 Å². The molecule has 0 saturated carbocycles. The van der Waals surface area contributed by atoms with Gasteiger partial charge in [0.25, 0.3) is 0 Å². The zero-order valence-corrected chi connectivity index (χ0v) is 12.8. The van der Waals surface area contributed by atoms with Crippen LogP contribution in [0.1, 0.15) is 16.7 Å². The highest BCUT2D eigenvalue weighted by molar-refractivity contribution is 9.08. The number of para-hydroxylation sites is 1. The van der Waals surface area contributed by atoms with Crippen LogP contribution in [0.2, 0.25) is 0 Å². The monoisotopic (exact) mass is 346 g/mol. The molecule has 0 aromatic heterocycles. The minimum atomic E-state index is -0.483. The van der Waals surface area contributed by atoms with Crippen molar-refractivity contribution in [1.29, 1.82) is 5.26 Å². The number of aryl methyl sites for hydroxylation is 1. The lowest BCUT2D eigenvalue weighted by Gasteiger charge is -2.09. The highest BCUT2D eigenvalue weighted by atomic mass is 79.9. The molecule has 106 valence electrons. The van der Waals surface area contributed by atoms with E-state index in [1.165, 1.54) is 6.07 Å². The van der Waals surface area contributed by atoms with Gasteiger partial charge in [-0.2, -0.15) is 5.26 Å². The zero-order chi connectivity index (χ0) is 15.4.